The summed E-state index contributed by atoms with van der Waals surface area (Å²) in [4.78, 5) is 15.5. The third-order valence-corrected chi connectivity index (χ3v) is 2.78. The van der Waals surface area contributed by atoms with Gasteiger partial charge in [-0.1, -0.05) is 0 Å². The number of carboxylic acid groups (broad SMARTS) is 1. The van der Waals surface area contributed by atoms with Gasteiger partial charge in [-0.25, -0.2) is 4.79 Å². The van der Waals surface area contributed by atoms with Gasteiger partial charge in [-0.15, -0.1) is 0 Å². The molecule has 3 heteroatoms. The fourth-order valence-electron chi connectivity index (χ4n) is 1.80. The Bertz CT molecular complexity index is 588. The molecule has 2 rings (SSSR count). The van der Waals surface area contributed by atoms with Crippen molar-refractivity contribution in [1.29, 1.82) is 0 Å². The molecule has 0 spiro atoms. The van der Waals surface area contributed by atoms with Gasteiger partial charge in [-0.05, 0) is 50.1 Å². The first kappa shape index (κ1) is 10.6. The number of nitrogens with zero attached hydrogens (tertiary/aromatic N) is 1. The van der Waals surface area contributed by atoms with E-state index in [2.05, 4.69) is 4.98 Å². The molecular formula is C13H13NO2. The number of carbonyl (C=O) groups is 1. The molecule has 1 aromatic heterocycles. The highest BCUT2D eigenvalue weighted by Gasteiger charge is 2.11. The molecule has 1 aromatic carbocycles. The van der Waals surface area contributed by atoms with Gasteiger partial charge in [0, 0.05) is 11.1 Å². The van der Waals surface area contributed by atoms with E-state index in [1.165, 1.54) is 0 Å². The van der Waals surface area contributed by atoms with Crippen LogP contribution in [0.15, 0.2) is 18.2 Å². The Balaban J connectivity index is 2.90. The van der Waals surface area contributed by atoms with Gasteiger partial charge >= 0.3 is 5.97 Å². The predicted octanol–water partition coefficient (Wildman–Crippen LogP) is 2.86. The molecule has 0 saturated heterocycles. The second kappa shape index (κ2) is 3.59. The summed E-state index contributed by atoms with van der Waals surface area (Å²) >= 11 is 0. The Morgan fingerprint density at radius 2 is 1.75 bits per heavy atom. The Morgan fingerprint density at radius 3 is 2.38 bits per heavy atom. The second-order valence-corrected chi connectivity index (χ2v) is 4.07. The van der Waals surface area contributed by atoms with E-state index in [4.69, 9.17) is 5.11 Å². The minimum Gasteiger partial charge on any atom is -0.478 e. The molecule has 1 N–H and O–H groups in total. The Labute approximate surface area is 93.7 Å². The smallest absolute Gasteiger partial charge is 0.336 e. The van der Waals surface area contributed by atoms with Crippen molar-refractivity contribution < 1.29 is 9.90 Å². The van der Waals surface area contributed by atoms with Crippen molar-refractivity contribution in [2.75, 3.05) is 0 Å². The number of benzene rings is 1. The van der Waals surface area contributed by atoms with Gasteiger partial charge in [0.2, 0.25) is 0 Å². The van der Waals surface area contributed by atoms with Crippen LogP contribution in [0.1, 0.15) is 27.2 Å². The van der Waals surface area contributed by atoms with Crippen LogP contribution in [0, 0.1) is 20.8 Å². The highest BCUT2D eigenvalue weighted by Crippen LogP contribution is 2.22. The van der Waals surface area contributed by atoms with Gasteiger partial charge in [0.1, 0.15) is 0 Å². The molecule has 0 unspecified atom stereocenters. The first-order chi connectivity index (χ1) is 7.49. The van der Waals surface area contributed by atoms with Gasteiger partial charge < -0.3 is 5.11 Å². The maximum atomic E-state index is 11.1. The van der Waals surface area contributed by atoms with Crippen LogP contribution in [0.3, 0.4) is 0 Å². The standard InChI is InChI=1S/C13H13NO2/c1-7-4-10-11(13(15)16)6-9(3)14-12(10)5-8(7)2/h4-6H,1-3H3,(H,15,16). The molecular weight excluding hydrogens is 202 g/mol. The van der Waals surface area contributed by atoms with Crippen molar-refractivity contribution in [3.8, 4) is 0 Å². The van der Waals surface area contributed by atoms with E-state index in [9.17, 15) is 4.79 Å². The largest absolute Gasteiger partial charge is 0.478 e. The molecule has 3 nitrogen and oxygen atoms in total. The second-order valence-electron chi connectivity index (χ2n) is 4.07. The highest BCUT2D eigenvalue weighted by atomic mass is 16.4. The van der Waals surface area contributed by atoms with Crippen LogP contribution >= 0.6 is 0 Å². The number of aromatic carboxylic acids is 1. The average Bonchev–Trinajstić information content (AvgIpc) is 2.19. The molecule has 2 aromatic rings. The summed E-state index contributed by atoms with van der Waals surface area (Å²) in [6, 6.07) is 5.43. The first-order valence-electron chi connectivity index (χ1n) is 5.11. The number of rotatable bonds is 1. The summed E-state index contributed by atoms with van der Waals surface area (Å²) in [5.74, 6) is -0.904. The number of hydrogen-bond acceptors (Lipinski definition) is 2. The molecule has 0 aliphatic carbocycles. The van der Waals surface area contributed by atoms with Crippen molar-refractivity contribution in [2.45, 2.75) is 20.8 Å². The lowest BCUT2D eigenvalue weighted by molar-refractivity contribution is 0.0699. The molecule has 0 bridgehead atoms. The van der Waals surface area contributed by atoms with Crippen LogP contribution in [0.2, 0.25) is 0 Å². The van der Waals surface area contributed by atoms with E-state index >= 15 is 0 Å². The van der Waals surface area contributed by atoms with Crippen LogP contribution in [-0.2, 0) is 0 Å². The quantitative estimate of drug-likeness (QED) is 0.795. The van der Waals surface area contributed by atoms with Crippen LogP contribution in [0.5, 0.6) is 0 Å². The third kappa shape index (κ3) is 1.65. The number of aromatic nitrogens is 1. The first-order valence-corrected chi connectivity index (χ1v) is 5.11. The lowest BCUT2D eigenvalue weighted by Gasteiger charge is -2.07. The van der Waals surface area contributed by atoms with Crippen molar-refractivity contribution >= 4 is 16.9 Å². The summed E-state index contributed by atoms with van der Waals surface area (Å²) < 4.78 is 0. The fraction of sp³-hybridized carbons (Fsp3) is 0.231. The third-order valence-electron chi connectivity index (χ3n) is 2.78. The van der Waals surface area contributed by atoms with E-state index in [1.54, 1.807) is 13.0 Å². The van der Waals surface area contributed by atoms with E-state index < -0.39 is 5.97 Å². The highest BCUT2D eigenvalue weighted by molar-refractivity contribution is 6.02. The zero-order chi connectivity index (χ0) is 11.9. The predicted molar refractivity (Wildman–Crippen MR) is 62.9 cm³/mol. The number of aryl methyl sites for hydroxylation is 3. The van der Waals surface area contributed by atoms with Gasteiger partial charge in [0.05, 0.1) is 11.1 Å². The van der Waals surface area contributed by atoms with Crippen LogP contribution in [-0.4, -0.2) is 16.1 Å². The molecule has 0 atom stereocenters. The number of pyridine rings is 1. The van der Waals surface area contributed by atoms with E-state index in [-0.39, 0.29) is 0 Å². The molecule has 82 valence electrons. The van der Waals surface area contributed by atoms with Gasteiger partial charge in [0.15, 0.2) is 0 Å². The molecule has 0 saturated carbocycles. The van der Waals surface area contributed by atoms with Gasteiger partial charge in [0.25, 0.3) is 0 Å². The van der Waals surface area contributed by atoms with E-state index in [1.807, 2.05) is 26.0 Å². The molecule has 0 fully saturated rings. The zero-order valence-electron chi connectivity index (χ0n) is 9.53. The van der Waals surface area contributed by atoms with Crippen LogP contribution in [0.25, 0.3) is 10.9 Å². The lowest BCUT2D eigenvalue weighted by atomic mass is 10.0. The van der Waals surface area contributed by atoms with Crippen molar-refractivity contribution in [3.63, 3.8) is 0 Å². The minimum absolute atomic E-state index is 0.325. The monoisotopic (exact) mass is 215 g/mol. The molecule has 16 heavy (non-hydrogen) atoms. The average molecular weight is 215 g/mol. The SMILES string of the molecule is Cc1cc(C(=O)O)c2cc(C)c(C)cc2n1. The number of fused-ring (bicyclic) bond motifs is 1. The molecule has 0 aliphatic heterocycles. The lowest BCUT2D eigenvalue weighted by Crippen LogP contribution is -2.01. The van der Waals surface area contributed by atoms with Crippen molar-refractivity contribution in [2.24, 2.45) is 0 Å². The molecule has 0 aliphatic rings. The number of hydrogen-bond donors (Lipinski definition) is 1. The van der Waals surface area contributed by atoms with E-state index in [0.29, 0.717) is 10.9 Å². The summed E-state index contributed by atoms with van der Waals surface area (Å²) in [6.07, 6.45) is 0. The summed E-state index contributed by atoms with van der Waals surface area (Å²) in [5.41, 5.74) is 4.02. The fourth-order valence-corrected chi connectivity index (χ4v) is 1.80. The van der Waals surface area contributed by atoms with Crippen molar-refractivity contribution in [3.05, 3.63) is 40.6 Å². The summed E-state index contributed by atoms with van der Waals surface area (Å²) in [6.45, 7) is 5.78. The normalized spacial score (nSPS) is 10.7. The Hall–Kier alpha value is -1.90. The maximum Gasteiger partial charge on any atom is 0.336 e. The number of carboxylic acids is 1. The zero-order valence-corrected chi connectivity index (χ0v) is 9.53. The molecule has 0 radical (unpaired) electrons. The van der Waals surface area contributed by atoms with Gasteiger partial charge in [-0.3, -0.25) is 4.98 Å². The van der Waals surface area contributed by atoms with E-state index in [0.717, 1.165) is 22.3 Å². The summed E-state index contributed by atoms with van der Waals surface area (Å²) in [7, 11) is 0. The maximum absolute atomic E-state index is 11.1. The van der Waals surface area contributed by atoms with Crippen LogP contribution in [0.4, 0.5) is 0 Å². The minimum atomic E-state index is -0.904. The Kier molecular flexibility index (Phi) is 2.38. The van der Waals surface area contributed by atoms with Crippen molar-refractivity contribution in [1.82, 2.24) is 4.98 Å². The molecule has 0 amide bonds. The Morgan fingerprint density at radius 1 is 1.12 bits per heavy atom. The topological polar surface area (TPSA) is 50.2 Å². The summed E-state index contributed by atoms with van der Waals surface area (Å²) in [5, 5.41) is 9.85. The molecule has 1 heterocycles. The van der Waals surface area contributed by atoms with Crippen LogP contribution < -0.4 is 0 Å². The van der Waals surface area contributed by atoms with Gasteiger partial charge in [-0.2, -0.15) is 0 Å².